The maximum atomic E-state index is 11.6. The quantitative estimate of drug-likeness (QED) is 0.827. The number of aromatic nitrogens is 4. The van der Waals surface area contributed by atoms with Crippen LogP contribution in [0.5, 0.6) is 0 Å². The highest BCUT2D eigenvalue weighted by atomic mass is 35.5. The number of hydrogen-bond donors (Lipinski definition) is 1. The Balaban J connectivity index is 2.08. The molecular weight excluding hydrogens is 302 g/mol. The highest BCUT2D eigenvalue weighted by molar-refractivity contribution is 7.91. The average Bonchev–Trinajstić information content (AvgIpc) is 2.95. The molecule has 7 nitrogen and oxygen atoms in total. The maximum Gasteiger partial charge on any atom is 0.185 e. The fraction of sp³-hybridized carbons (Fsp3) is 0.364. The number of tetrazole rings is 1. The summed E-state index contributed by atoms with van der Waals surface area (Å²) < 4.78 is 24.7. The Morgan fingerprint density at radius 2 is 2.20 bits per heavy atom. The van der Waals surface area contributed by atoms with Crippen LogP contribution in [0.2, 0.25) is 5.02 Å². The number of sulfone groups is 1. The number of nitrogen functional groups attached to an aromatic ring is 1. The molecule has 1 fully saturated rings. The molecule has 0 aliphatic carbocycles. The van der Waals surface area contributed by atoms with E-state index in [1.54, 1.807) is 18.2 Å². The predicted octanol–water partition coefficient (Wildman–Crippen LogP) is 0.935. The van der Waals surface area contributed by atoms with Crippen LogP contribution in [0, 0.1) is 0 Å². The minimum atomic E-state index is -3.02. The highest BCUT2D eigenvalue weighted by Crippen LogP contribution is 2.34. The van der Waals surface area contributed by atoms with Crippen LogP contribution < -0.4 is 5.73 Å². The first kappa shape index (κ1) is 13.3. The molecule has 2 N–H and O–H groups in total. The van der Waals surface area contributed by atoms with Crippen molar-refractivity contribution in [2.75, 3.05) is 17.2 Å². The Labute approximate surface area is 120 Å². The Hall–Kier alpha value is -1.67. The standard InChI is InChI=1S/C11H12ClN5O2S/c12-8-2-1-3-9(13)10(8)11-14-15-16-17(11)7-4-5-20(18,19)6-7/h1-3,7H,4-6,13H2. The number of rotatable bonds is 2. The zero-order valence-corrected chi connectivity index (χ0v) is 12.0. The van der Waals surface area contributed by atoms with Crippen molar-refractivity contribution < 1.29 is 8.42 Å². The maximum absolute atomic E-state index is 11.6. The van der Waals surface area contributed by atoms with Crippen molar-refractivity contribution in [1.82, 2.24) is 20.2 Å². The third-order valence-corrected chi connectivity index (χ3v) is 5.38. The van der Waals surface area contributed by atoms with Crippen molar-refractivity contribution in [3.63, 3.8) is 0 Å². The van der Waals surface area contributed by atoms with Gasteiger partial charge < -0.3 is 5.73 Å². The molecule has 1 aliphatic rings. The van der Waals surface area contributed by atoms with Gasteiger partial charge in [-0.2, -0.15) is 0 Å². The zero-order chi connectivity index (χ0) is 14.3. The number of nitrogens with zero attached hydrogens (tertiary/aromatic N) is 4. The highest BCUT2D eigenvalue weighted by Gasteiger charge is 2.32. The number of halogens is 1. The molecule has 1 unspecified atom stereocenters. The van der Waals surface area contributed by atoms with E-state index >= 15 is 0 Å². The molecule has 0 amide bonds. The SMILES string of the molecule is Nc1cccc(Cl)c1-c1nnnn1C1CCS(=O)(=O)C1. The van der Waals surface area contributed by atoms with Gasteiger partial charge in [0.05, 0.1) is 28.1 Å². The van der Waals surface area contributed by atoms with Gasteiger partial charge in [0, 0.05) is 5.69 Å². The normalized spacial score (nSPS) is 21.1. The van der Waals surface area contributed by atoms with E-state index in [4.69, 9.17) is 17.3 Å². The second-order valence-corrected chi connectivity index (χ2v) is 7.34. The Morgan fingerprint density at radius 1 is 1.40 bits per heavy atom. The van der Waals surface area contributed by atoms with Crippen LogP contribution in [0.3, 0.4) is 0 Å². The second kappa shape index (κ2) is 4.71. The molecule has 2 aromatic rings. The van der Waals surface area contributed by atoms with Crippen LogP contribution in [0.25, 0.3) is 11.4 Å². The van der Waals surface area contributed by atoms with Crippen molar-refractivity contribution in [1.29, 1.82) is 0 Å². The molecule has 106 valence electrons. The minimum Gasteiger partial charge on any atom is -0.398 e. The van der Waals surface area contributed by atoms with E-state index in [2.05, 4.69) is 15.5 Å². The van der Waals surface area contributed by atoms with Crippen molar-refractivity contribution in [2.24, 2.45) is 0 Å². The lowest BCUT2D eigenvalue weighted by molar-refractivity contribution is 0.489. The minimum absolute atomic E-state index is 0.0371. The first-order chi connectivity index (χ1) is 9.48. The van der Waals surface area contributed by atoms with Crippen LogP contribution in [-0.2, 0) is 9.84 Å². The van der Waals surface area contributed by atoms with E-state index in [1.807, 2.05) is 0 Å². The number of benzene rings is 1. The number of nitrogens with two attached hydrogens (primary N) is 1. The fourth-order valence-corrected chi connectivity index (χ4v) is 4.31. The fourth-order valence-electron chi connectivity index (χ4n) is 2.35. The Bertz CT molecular complexity index is 738. The summed E-state index contributed by atoms with van der Waals surface area (Å²) in [5.74, 6) is 0.583. The lowest BCUT2D eigenvalue weighted by Crippen LogP contribution is -2.14. The van der Waals surface area contributed by atoms with Crippen molar-refractivity contribution in [2.45, 2.75) is 12.5 Å². The van der Waals surface area contributed by atoms with Gasteiger partial charge in [-0.25, -0.2) is 13.1 Å². The second-order valence-electron chi connectivity index (χ2n) is 4.71. The predicted molar refractivity (Wildman–Crippen MR) is 75.0 cm³/mol. The molecule has 1 aromatic carbocycles. The number of anilines is 1. The summed E-state index contributed by atoms with van der Waals surface area (Å²) in [5, 5.41) is 11.9. The first-order valence-corrected chi connectivity index (χ1v) is 8.20. The van der Waals surface area contributed by atoms with Gasteiger partial charge in [0.25, 0.3) is 0 Å². The van der Waals surface area contributed by atoms with E-state index in [1.165, 1.54) is 4.68 Å². The van der Waals surface area contributed by atoms with Gasteiger partial charge in [0.1, 0.15) is 0 Å². The van der Waals surface area contributed by atoms with Crippen molar-refractivity contribution in [3.8, 4) is 11.4 Å². The summed E-state index contributed by atoms with van der Waals surface area (Å²) in [7, 11) is -3.02. The molecule has 1 atom stereocenters. The van der Waals surface area contributed by atoms with Gasteiger partial charge in [0.2, 0.25) is 0 Å². The van der Waals surface area contributed by atoms with E-state index in [0.717, 1.165) is 0 Å². The molecule has 0 bridgehead atoms. The molecule has 0 radical (unpaired) electrons. The smallest absolute Gasteiger partial charge is 0.185 e. The van der Waals surface area contributed by atoms with Crippen LogP contribution in [-0.4, -0.2) is 40.1 Å². The molecule has 2 heterocycles. The van der Waals surface area contributed by atoms with E-state index in [-0.39, 0.29) is 17.5 Å². The van der Waals surface area contributed by atoms with Gasteiger partial charge in [-0.3, -0.25) is 0 Å². The molecule has 9 heteroatoms. The summed E-state index contributed by atoms with van der Waals surface area (Å²) in [6.45, 7) is 0. The first-order valence-electron chi connectivity index (χ1n) is 6.00. The molecular formula is C11H12ClN5O2S. The van der Waals surface area contributed by atoms with Crippen LogP contribution >= 0.6 is 11.6 Å². The van der Waals surface area contributed by atoms with Crippen LogP contribution in [0.1, 0.15) is 12.5 Å². The van der Waals surface area contributed by atoms with Gasteiger partial charge in [0.15, 0.2) is 15.7 Å². The third kappa shape index (κ3) is 2.25. The van der Waals surface area contributed by atoms with Crippen molar-refractivity contribution in [3.05, 3.63) is 23.2 Å². The largest absolute Gasteiger partial charge is 0.398 e. The molecule has 1 aromatic heterocycles. The average molecular weight is 314 g/mol. The molecule has 1 aliphatic heterocycles. The van der Waals surface area contributed by atoms with Gasteiger partial charge in [-0.05, 0) is 29.0 Å². The molecule has 20 heavy (non-hydrogen) atoms. The lowest BCUT2D eigenvalue weighted by Gasteiger charge is -2.12. The van der Waals surface area contributed by atoms with Gasteiger partial charge in [-0.1, -0.05) is 17.7 Å². The van der Waals surface area contributed by atoms with E-state index in [9.17, 15) is 8.42 Å². The van der Waals surface area contributed by atoms with E-state index in [0.29, 0.717) is 28.5 Å². The van der Waals surface area contributed by atoms with Crippen LogP contribution in [0.4, 0.5) is 5.69 Å². The van der Waals surface area contributed by atoms with E-state index < -0.39 is 9.84 Å². The van der Waals surface area contributed by atoms with Crippen molar-refractivity contribution >= 4 is 27.1 Å². The molecule has 0 saturated carbocycles. The molecule has 0 spiro atoms. The molecule has 3 rings (SSSR count). The zero-order valence-electron chi connectivity index (χ0n) is 10.4. The summed E-state index contributed by atoms with van der Waals surface area (Å²) in [6.07, 6.45) is 0.491. The summed E-state index contributed by atoms with van der Waals surface area (Å²) in [4.78, 5) is 0. The molecule has 1 saturated heterocycles. The number of hydrogen-bond acceptors (Lipinski definition) is 6. The Kier molecular flexibility index (Phi) is 3.14. The topological polar surface area (TPSA) is 104 Å². The van der Waals surface area contributed by atoms with Gasteiger partial charge >= 0.3 is 0 Å². The summed E-state index contributed by atoms with van der Waals surface area (Å²) >= 11 is 6.15. The summed E-state index contributed by atoms with van der Waals surface area (Å²) in [6, 6.07) is 4.85. The monoisotopic (exact) mass is 313 g/mol. The Morgan fingerprint density at radius 3 is 2.85 bits per heavy atom. The summed E-state index contributed by atoms with van der Waals surface area (Å²) in [5.41, 5.74) is 6.91. The third-order valence-electron chi connectivity index (χ3n) is 3.32. The lowest BCUT2D eigenvalue weighted by atomic mass is 10.1. The van der Waals surface area contributed by atoms with Crippen LogP contribution in [0.15, 0.2) is 18.2 Å². The van der Waals surface area contributed by atoms with Gasteiger partial charge in [-0.15, -0.1) is 5.10 Å².